The number of ether oxygens (including phenoxy) is 1. The molecule has 33 heavy (non-hydrogen) atoms. The van der Waals surface area contributed by atoms with Gasteiger partial charge >= 0.3 is 5.97 Å². The van der Waals surface area contributed by atoms with E-state index in [1.165, 1.54) is 17.8 Å². The fraction of sp³-hybridized carbons (Fsp3) is 0.455. The third kappa shape index (κ3) is 6.41. The molecule has 1 aliphatic rings. The van der Waals surface area contributed by atoms with Crippen molar-refractivity contribution in [3.63, 3.8) is 0 Å². The number of carbonyl (C=O) groups is 3. The molecule has 0 saturated heterocycles. The van der Waals surface area contributed by atoms with E-state index < -0.39 is 11.2 Å². The monoisotopic (exact) mass is 473 g/mol. The lowest BCUT2D eigenvalue weighted by Gasteiger charge is -2.19. The molecule has 2 amide bonds. The minimum atomic E-state index is -0.589. The van der Waals surface area contributed by atoms with Crippen molar-refractivity contribution in [2.24, 2.45) is 4.99 Å². The maximum Gasteiger partial charge on any atom is 0.338 e. The van der Waals surface area contributed by atoms with Gasteiger partial charge in [0.1, 0.15) is 5.25 Å². The summed E-state index contributed by atoms with van der Waals surface area (Å²) in [6.45, 7) is 9.16. The third-order valence-electron chi connectivity index (χ3n) is 4.84. The second-order valence-electron chi connectivity index (χ2n) is 7.62. The summed E-state index contributed by atoms with van der Waals surface area (Å²) in [5.74, 6) is -0.382. The summed E-state index contributed by atoms with van der Waals surface area (Å²) in [5, 5.41) is 6.64. The van der Waals surface area contributed by atoms with E-state index in [-0.39, 0.29) is 42.2 Å². The Hall–Kier alpha value is -3.21. The van der Waals surface area contributed by atoms with Crippen molar-refractivity contribution < 1.29 is 23.6 Å². The topological polar surface area (TPSA) is 127 Å². The number of nitrogens with zero attached hydrogens (tertiary/aromatic N) is 4. The minimum Gasteiger partial charge on any atom is -0.452 e. The molecular weight excluding hydrogens is 446 g/mol. The lowest BCUT2D eigenvalue weighted by atomic mass is 10.2. The first-order chi connectivity index (χ1) is 15.8. The number of thioether (sulfide) groups is 1. The molecule has 2 heterocycles. The Kier molecular flexibility index (Phi) is 8.21. The molecule has 0 spiro atoms. The van der Waals surface area contributed by atoms with Crippen molar-refractivity contribution in [1.82, 2.24) is 15.0 Å². The van der Waals surface area contributed by atoms with Crippen LogP contribution in [0.15, 0.2) is 33.8 Å². The highest BCUT2D eigenvalue weighted by atomic mass is 32.2. The minimum absolute atomic E-state index is 0.0121. The predicted octanol–water partition coefficient (Wildman–Crippen LogP) is 3.22. The average Bonchev–Trinajstić information content (AvgIpc) is 3.40. The summed E-state index contributed by atoms with van der Waals surface area (Å²) < 4.78 is 10.3. The zero-order chi connectivity index (χ0) is 24.0. The molecule has 1 aromatic carbocycles. The number of hydrogen-bond donors (Lipinski definition) is 1. The Morgan fingerprint density at radius 1 is 1.27 bits per heavy atom. The van der Waals surface area contributed by atoms with Crippen LogP contribution in [0.5, 0.6) is 0 Å². The van der Waals surface area contributed by atoms with Crippen molar-refractivity contribution >= 4 is 40.4 Å². The number of anilines is 1. The van der Waals surface area contributed by atoms with Crippen LogP contribution in [-0.4, -0.2) is 56.3 Å². The number of aliphatic imine (C=N–C) groups is 1. The van der Waals surface area contributed by atoms with E-state index >= 15 is 0 Å². The van der Waals surface area contributed by atoms with Gasteiger partial charge in [0.15, 0.2) is 17.6 Å². The van der Waals surface area contributed by atoms with Gasteiger partial charge in [-0.25, -0.2) is 4.79 Å². The largest absolute Gasteiger partial charge is 0.452 e. The van der Waals surface area contributed by atoms with Crippen molar-refractivity contribution in [1.29, 1.82) is 0 Å². The number of hydrogen-bond acceptors (Lipinski definition) is 9. The Balaban J connectivity index is 1.53. The van der Waals surface area contributed by atoms with Gasteiger partial charge in [0.2, 0.25) is 5.91 Å². The maximum atomic E-state index is 12.5. The van der Waals surface area contributed by atoms with E-state index in [0.717, 1.165) is 13.1 Å². The van der Waals surface area contributed by atoms with Gasteiger partial charge in [-0.1, -0.05) is 36.8 Å². The summed E-state index contributed by atoms with van der Waals surface area (Å²) in [5.41, 5.74) is 0.685. The second-order valence-corrected chi connectivity index (χ2v) is 8.79. The van der Waals surface area contributed by atoms with E-state index in [1.807, 2.05) is 32.6 Å². The van der Waals surface area contributed by atoms with E-state index in [1.54, 1.807) is 18.2 Å². The van der Waals surface area contributed by atoms with E-state index in [9.17, 15) is 14.4 Å². The fourth-order valence-corrected chi connectivity index (χ4v) is 4.21. The zero-order valence-corrected chi connectivity index (χ0v) is 19.8. The number of aromatic nitrogens is 2. The molecular formula is C22H27N5O5S. The number of amides is 2. The fourth-order valence-electron chi connectivity index (χ4n) is 3.01. The number of benzene rings is 1. The number of rotatable bonds is 9. The van der Waals surface area contributed by atoms with Gasteiger partial charge in [0.25, 0.3) is 11.8 Å². The standard InChI is InChI=1S/C22H27N5O5S/c1-5-27(6-2)22-25-20(29)16(33-22)11-17(28)23-15-9-7-8-14(10-15)21(30)31-12-18-24-19(13(3)4)26-32-18/h7-10,13,16H,5-6,11-12H2,1-4H3,(H,23,28). The molecule has 11 heteroatoms. The van der Waals surface area contributed by atoms with Crippen LogP contribution >= 0.6 is 11.8 Å². The van der Waals surface area contributed by atoms with Crippen LogP contribution in [0.25, 0.3) is 0 Å². The number of esters is 1. The predicted molar refractivity (Wildman–Crippen MR) is 124 cm³/mol. The van der Waals surface area contributed by atoms with E-state index in [4.69, 9.17) is 9.26 Å². The SMILES string of the molecule is CCN(CC)C1=NC(=O)C(CC(=O)Nc2cccc(C(=O)OCc3nc(C(C)C)no3)c2)S1. The summed E-state index contributed by atoms with van der Waals surface area (Å²) in [6.07, 6.45) is -0.0121. The van der Waals surface area contributed by atoms with Gasteiger partial charge in [0, 0.05) is 31.1 Å². The van der Waals surface area contributed by atoms with Gasteiger partial charge in [0.05, 0.1) is 5.56 Å². The van der Waals surface area contributed by atoms with Gasteiger partial charge < -0.3 is 19.5 Å². The van der Waals surface area contributed by atoms with Gasteiger partial charge in [-0.15, -0.1) is 0 Å². The van der Waals surface area contributed by atoms with Crippen LogP contribution in [0.4, 0.5) is 5.69 Å². The number of amidine groups is 1. The third-order valence-corrected chi connectivity index (χ3v) is 6.06. The lowest BCUT2D eigenvalue weighted by Crippen LogP contribution is -2.27. The van der Waals surface area contributed by atoms with Crippen molar-refractivity contribution in [3.05, 3.63) is 41.5 Å². The van der Waals surface area contributed by atoms with Gasteiger partial charge in [-0.3, -0.25) is 9.59 Å². The first kappa shape index (κ1) is 24.4. The van der Waals surface area contributed by atoms with Crippen LogP contribution in [0, 0.1) is 0 Å². The summed E-state index contributed by atoms with van der Waals surface area (Å²) in [4.78, 5) is 47.3. The molecule has 3 rings (SSSR count). The molecule has 2 aromatic rings. The Bertz CT molecular complexity index is 1050. The molecule has 1 atom stereocenters. The van der Waals surface area contributed by atoms with Crippen LogP contribution in [0.2, 0.25) is 0 Å². The molecule has 0 saturated carbocycles. The van der Waals surface area contributed by atoms with Gasteiger partial charge in [-0.2, -0.15) is 9.98 Å². The molecule has 10 nitrogen and oxygen atoms in total. The Labute approximate surface area is 196 Å². The molecule has 0 bridgehead atoms. The van der Waals surface area contributed by atoms with Crippen molar-refractivity contribution in [2.45, 2.75) is 51.9 Å². The first-order valence-corrected chi connectivity index (χ1v) is 11.6. The summed E-state index contributed by atoms with van der Waals surface area (Å²) >= 11 is 1.30. The van der Waals surface area contributed by atoms with E-state index in [0.29, 0.717) is 16.7 Å². The average molecular weight is 474 g/mol. The second kappa shape index (κ2) is 11.1. The zero-order valence-electron chi connectivity index (χ0n) is 19.0. The molecule has 1 unspecified atom stereocenters. The first-order valence-electron chi connectivity index (χ1n) is 10.7. The molecule has 1 N–H and O–H groups in total. The molecule has 176 valence electrons. The Morgan fingerprint density at radius 3 is 2.70 bits per heavy atom. The smallest absolute Gasteiger partial charge is 0.338 e. The molecule has 1 aromatic heterocycles. The Morgan fingerprint density at radius 2 is 2.03 bits per heavy atom. The quantitative estimate of drug-likeness (QED) is 0.546. The normalized spacial score (nSPS) is 15.5. The maximum absolute atomic E-state index is 12.5. The van der Waals surface area contributed by atoms with Crippen LogP contribution in [0.1, 0.15) is 62.1 Å². The van der Waals surface area contributed by atoms with Gasteiger partial charge in [-0.05, 0) is 32.0 Å². The lowest BCUT2D eigenvalue weighted by molar-refractivity contribution is -0.121. The van der Waals surface area contributed by atoms with E-state index in [2.05, 4.69) is 20.4 Å². The van der Waals surface area contributed by atoms with Crippen molar-refractivity contribution in [2.75, 3.05) is 18.4 Å². The highest BCUT2D eigenvalue weighted by Crippen LogP contribution is 2.27. The van der Waals surface area contributed by atoms with Crippen molar-refractivity contribution in [3.8, 4) is 0 Å². The summed E-state index contributed by atoms with van der Waals surface area (Å²) in [7, 11) is 0. The number of nitrogens with one attached hydrogen (secondary N) is 1. The molecule has 0 aliphatic carbocycles. The number of carbonyl (C=O) groups excluding carboxylic acids is 3. The van der Waals surface area contributed by atoms with Crippen LogP contribution in [-0.2, 0) is 20.9 Å². The van der Waals surface area contributed by atoms with Crippen LogP contribution < -0.4 is 5.32 Å². The molecule has 1 aliphatic heterocycles. The highest BCUT2D eigenvalue weighted by Gasteiger charge is 2.32. The molecule has 0 fully saturated rings. The highest BCUT2D eigenvalue weighted by molar-refractivity contribution is 8.15. The van der Waals surface area contributed by atoms with Crippen LogP contribution in [0.3, 0.4) is 0 Å². The molecule has 0 radical (unpaired) electrons. The summed E-state index contributed by atoms with van der Waals surface area (Å²) in [6, 6.07) is 6.37.